The summed E-state index contributed by atoms with van der Waals surface area (Å²) in [5.74, 6) is 0.207. The molecule has 2 fully saturated rings. The van der Waals surface area contributed by atoms with Gasteiger partial charge >= 0.3 is 0 Å². The Morgan fingerprint density at radius 1 is 1.25 bits per heavy atom. The first-order chi connectivity index (χ1) is 7.66. The average Bonchev–Trinajstić information content (AvgIpc) is 2.18. The molecule has 0 aromatic heterocycles. The molecule has 5 heteroatoms. The molecule has 0 saturated carbocycles. The van der Waals surface area contributed by atoms with Crippen LogP contribution in [0.5, 0.6) is 0 Å². The predicted molar refractivity (Wildman–Crippen MR) is 63.4 cm³/mol. The SMILES string of the molecule is CN(C)C(=O)CN1CCN(C2CNC2)CC1. The van der Waals surface area contributed by atoms with E-state index in [0.717, 1.165) is 45.3 Å². The molecule has 0 bridgehead atoms. The Morgan fingerprint density at radius 2 is 1.88 bits per heavy atom. The topological polar surface area (TPSA) is 38.8 Å². The van der Waals surface area contributed by atoms with Crippen LogP contribution in [0.4, 0.5) is 0 Å². The van der Waals surface area contributed by atoms with Crippen LogP contribution in [-0.4, -0.2) is 86.6 Å². The van der Waals surface area contributed by atoms with Crippen LogP contribution in [0.1, 0.15) is 0 Å². The summed E-state index contributed by atoms with van der Waals surface area (Å²) in [5, 5.41) is 3.30. The van der Waals surface area contributed by atoms with Crippen molar-refractivity contribution < 1.29 is 4.79 Å². The summed E-state index contributed by atoms with van der Waals surface area (Å²) in [7, 11) is 3.64. The van der Waals surface area contributed by atoms with E-state index in [-0.39, 0.29) is 5.91 Å². The third-order valence-electron chi connectivity index (χ3n) is 3.54. The number of hydrogen-bond donors (Lipinski definition) is 1. The highest BCUT2D eigenvalue weighted by Gasteiger charge is 2.28. The maximum absolute atomic E-state index is 11.6. The van der Waals surface area contributed by atoms with Crippen molar-refractivity contribution in [1.82, 2.24) is 20.0 Å². The molecule has 2 aliphatic heterocycles. The first kappa shape index (κ1) is 11.8. The van der Waals surface area contributed by atoms with Crippen LogP contribution in [0.15, 0.2) is 0 Å². The molecule has 0 unspecified atom stereocenters. The van der Waals surface area contributed by atoms with Crippen molar-refractivity contribution >= 4 is 5.91 Å². The minimum Gasteiger partial charge on any atom is -0.348 e. The van der Waals surface area contributed by atoms with E-state index in [1.165, 1.54) is 0 Å². The van der Waals surface area contributed by atoms with E-state index >= 15 is 0 Å². The van der Waals surface area contributed by atoms with Gasteiger partial charge in [-0.1, -0.05) is 0 Å². The number of likely N-dealkylation sites (N-methyl/N-ethyl adjacent to an activating group) is 1. The zero-order chi connectivity index (χ0) is 11.5. The van der Waals surface area contributed by atoms with E-state index in [0.29, 0.717) is 6.54 Å². The van der Waals surface area contributed by atoms with Crippen LogP contribution in [0.3, 0.4) is 0 Å². The van der Waals surface area contributed by atoms with Gasteiger partial charge < -0.3 is 10.2 Å². The van der Waals surface area contributed by atoms with Gasteiger partial charge in [0.25, 0.3) is 0 Å². The number of amides is 1. The molecule has 0 aromatic rings. The Morgan fingerprint density at radius 3 is 2.31 bits per heavy atom. The van der Waals surface area contributed by atoms with Gasteiger partial charge in [0.2, 0.25) is 5.91 Å². The maximum atomic E-state index is 11.6. The zero-order valence-electron chi connectivity index (χ0n) is 10.3. The van der Waals surface area contributed by atoms with Crippen molar-refractivity contribution in [3.05, 3.63) is 0 Å². The highest BCUT2D eigenvalue weighted by atomic mass is 16.2. The van der Waals surface area contributed by atoms with Gasteiger partial charge in [-0.2, -0.15) is 0 Å². The zero-order valence-corrected chi connectivity index (χ0v) is 10.3. The van der Waals surface area contributed by atoms with E-state index in [1.54, 1.807) is 4.90 Å². The molecule has 2 saturated heterocycles. The summed E-state index contributed by atoms with van der Waals surface area (Å²) in [6.07, 6.45) is 0. The average molecular weight is 226 g/mol. The quantitative estimate of drug-likeness (QED) is 0.647. The van der Waals surface area contributed by atoms with Crippen molar-refractivity contribution in [3.63, 3.8) is 0 Å². The molecule has 1 N–H and O–H groups in total. The fourth-order valence-electron chi connectivity index (χ4n) is 2.15. The fraction of sp³-hybridized carbons (Fsp3) is 0.909. The highest BCUT2D eigenvalue weighted by Crippen LogP contribution is 2.09. The van der Waals surface area contributed by atoms with E-state index in [9.17, 15) is 4.79 Å². The highest BCUT2D eigenvalue weighted by molar-refractivity contribution is 5.77. The molecule has 0 aliphatic carbocycles. The number of piperazine rings is 1. The third kappa shape index (κ3) is 2.72. The molecular weight excluding hydrogens is 204 g/mol. The Kier molecular flexibility index (Phi) is 3.78. The molecular formula is C11H22N4O. The summed E-state index contributed by atoms with van der Waals surface area (Å²) in [6, 6.07) is 0.742. The fourth-order valence-corrected chi connectivity index (χ4v) is 2.15. The van der Waals surface area contributed by atoms with Gasteiger partial charge in [0.15, 0.2) is 0 Å². The number of nitrogens with zero attached hydrogens (tertiary/aromatic N) is 3. The summed E-state index contributed by atoms with van der Waals surface area (Å²) in [6.45, 7) is 7.10. The summed E-state index contributed by atoms with van der Waals surface area (Å²) < 4.78 is 0. The lowest BCUT2D eigenvalue weighted by Crippen LogP contribution is -2.62. The largest absolute Gasteiger partial charge is 0.348 e. The Labute approximate surface area is 97.4 Å². The van der Waals surface area contributed by atoms with E-state index < -0.39 is 0 Å². The Bertz CT molecular complexity index is 244. The lowest BCUT2D eigenvalue weighted by Gasteiger charge is -2.43. The second kappa shape index (κ2) is 5.12. The van der Waals surface area contributed by atoms with Crippen LogP contribution in [0, 0.1) is 0 Å². The molecule has 2 aliphatic rings. The molecule has 16 heavy (non-hydrogen) atoms. The van der Waals surface area contributed by atoms with Gasteiger partial charge in [-0.25, -0.2) is 0 Å². The standard InChI is InChI=1S/C11H22N4O/c1-13(2)11(16)9-14-3-5-15(6-4-14)10-7-12-8-10/h10,12H,3-9H2,1-2H3. The number of nitrogens with one attached hydrogen (secondary N) is 1. The van der Waals surface area contributed by atoms with Crippen molar-refractivity contribution in [2.75, 3.05) is 59.9 Å². The Hall–Kier alpha value is -0.650. The van der Waals surface area contributed by atoms with E-state index in [2.05, 4.69) is 15.1 Å². The smallest absolute Gasteiger partial charge is 0.236 e. The summed E-state index contributed by atoms with van der Waals surface area (Å²) in [4.78, 5) is 18.0. The molecule has 0 spiro atoms. The van der Waals surface area contributed by atoms with Crippen molar-refractivity contribution in [2.45, 2.75) is 6.04 Å². The van der Waals surface area contributed by atoms with Crippen LogP contribution in [-0.2, 0) is 4.79 Å². The minimum atomic E-state index is 0.207. The number of hydrogen-bond acceptors (Lipinski definition) is 4. The second-order valence-electron chi connectivity index (χ2n) is 4.91. The van der Waals surface area contributed by atoms with Gasteiger partial charge in [0, 0.05) is 59.4 Å². The van der Waals surface area contributed by atoms with Crippen molar-refractivity contribution in [1.29, 1.82) is 0 Å². The van der Waals surface area contributed by atoms with E-state index in [1.807, 2.05) is 14.1 Å². The first-order valence-electron chi connectivity index (χ1n) is 6.04. The lowest BCUT2D eigenvalue weighted by molar-refractivity contribution is -0.130. The third-order valence-corrected chi connectivity index (χ3v) is 3.54. The number of rotatable bonds is 3. The number of carbonyl (C=O) groups is 1. The van der Waals surface area contributed by atoms with Gasteiger partial charge in [-0.3, -0.25) is 14.6 Å². The van der Waals surface area contributed by atoms with Crippen LogP contribution < -0.4 is 5.32 Å². The van der Waals surface area contributed by atoms with Gasteiger partial charge in [0.05, 0.1) is 6.54 Å². The van der Waals surface area contributed by atoms with Crippen molar-refractivity contribution in [3.8, 4) is 0 Å². The molecule has 0 atom stereocenters. The number of carbonyl (C=O) groups excluding carboxylic acids is 1. The molecule has 92 valence electrons. The van der Waals surface area contributed by atoms with Gasteiger partial charge in [-0.15, -0.1) is 0 Å². The minimum absolute atomic E-state index is 0.207. The van der Waals surface area contributed by atoms with Crippen LogP contribution >= 0.6 is 0 Å². The molecule has 2 rings (SSSR count). The molecule has 0 radical (unpaired) electrons. The summed E-state index contributed by atoms with van der Waals surface area (Å²) >= 11 is 0. The lowest BCUT2D eigenvalue weighted by atomic mass is 10.1. The monoisotopic (exact) mass is 226 g/mol. The molecule has 1 amide bonds. The normalized spacial score (nSPS) is 24.1. The molecule has 5 nitrogen and oxygen atoms in total. The van der Waals surface area contributed by atoms with Gasteiger partial charge in [0.1, 0.15) is 0 Å². The molecule has 2 heterocycles. The first-order valence-corrected chi connectivity index (χ1v) is 6.04. The van der Waals surface area contributed by atoms with E-state index in [4.69, 9.17) is 0 Å². The maximum Gasteiger partial charge on any atom is 0.236 e. The van der Waals surface area contributed by atoms with Crippen LogP contribution in [0.25, 0.3) is 0 Å². The second-order valence-corrected chi connectivity index (χ2v) is 4.91. The Balaban J connectivity index is 1.70. The summed E-state index contributed by atoms with van der Waals surface area (Å²) in [5.41, 5.74) is 0. The predicted octanol–water partition coefficient (Wildman–Crippen LogP) is -1.34. The van der Waals surface area contributed by atoms with Crippen LogP contribution in [0.2, 0.25) is 0 Å². The molecule has 0 aromatic carbocycles. The van der Waals surface area contributed by atoms with Gasteiger partial charge in [-0.05, 0) is 0 Å². The van der Waals surface area contributed by atoms with Crippen molar-refractivity contribution in [2.24, 2.45) is 0 Å².